The molecule has 2 amide bonds. The van der Waals surface area contributed by atoms with Crippen LogP contribution in [0.4, 0.5) is 5.69 Å². The second-order valence-corrected chi connectivity index (χ2v) is 6.99. The topological polar surface area (TPSA) is 61.4 Å². The number of benzene rings is 1. The van der Waals surface area contributed by atoms with Crippen molar-refractivity contribution in [2.45, 2.75) is 32.1 Å². The van der Waals surface area contributed by atoms with E-state index in [1.807, 2.05) is 30.1 Å². The predicted octanol–water partition coefficient (Wildman–Crippen LogP) is 2.46. The van der Waals surface area contributed by atoms with Crippen LogP contribution in [0.5, 0.6) is 0 Å². The molecule has 1 aromatic carbocycles. The summed E-state index contributed by atoms with van der Waals surface area (Å²) in [6.07, 6.45) is 4.10. The summed E-state index contributed by atoms with van der Waals surface area (Å²) >= 11 is 0. The third-order valence-electron chi connectivity index (χ3n) is 5.18. The van der Waals surface area contributed by atoms with E-state index < -0.39 is 0 Å². The number of piperidine rings is 1. The van der Waals surface area contributed by atoms with Gasteiger partial charge in [-0.2, -0.15) is 0 Å². The molecule has 25 heavy (non-hydrogen) atoms. The molecule has 0 aromatic heterocycles. The number of carbonyl (C=O) groups excluding carboxylic acids is 2. The molecule has 0 bridgehead atoms. The fourth-order valence-corrected chi connectivity index (χ4v) is 3.85. The summed E-state index contributed by atoms with van der Waals surface area (Å²) in [6, 6.07) is 7.91. The molecule has 1 saturated heterocycles. The van der Waals surface area contributed by atoms with Gasteiger partial charge in [0, 0.05) is 31.1 Å². The lowest BCUT2D eigenvalue weighted by atomic mass is 9.89. The molecule has 3 rings (SSSR count). The third kappa shape index (κ3) is 4.95. The fraction of sp³-hybridized carbons (Fsp3) is 0.579. The molecule has 2 atom stereocenters. The van der Waals surface area contributed by atoms with Crippen LogP contribution in [0.2, 0.25) is 0 Å². The Labute approximate surface area is 155 Å². The number of fused-ring (bicyclic) bond motifs is 1. The molecular formula is C19H28ClN3O2. The molecule has 2 N–H and O–H groups in total. The number of nitrogens with one attached hydrogen (secondary N) is 2. The smallest absolute Gasteiger partial charge is 0.227 e. The van der Waals surface area contributed by atoms with Gasteiger partial charge in [0.1, 0.15) is 0 Å². The van der Waals surface area contributed by atoms with Gasteiger partial charge in [0.2, 0.25) is 11.8 Å². The molecule has 2 unspecified atom stereocenters. The summed E-state index contributed by atoms with van der Waals surface area (Å²) in [5.41, 5.74) is 2.08. The number of para-hydroxylation sites is 1. The van der Waals surface area contributed by atoms with Crippen molar-refractivity contribution in [3.05, 3.63) is 29.8 Å². The van der Waals surface area contributed by atoms with E-state index in [1.165, 1.54) is 12.0 Å². The van der Waals surface area contributed by atoms with Crippen LogP contribution < -0.4 is 10.6 Å². The zero-order chi connectivity index (χ0) is 16.9. The van der Waals surface area contributed by atoms with Gasteiger partial charge in [-0.1, -0.05) is 18.2 Å². The first-order valence-corrected chi connectivity index (χ1v) is 8.98. The number of halogens is 1. The average Bonchev–Trinajstić information content (AvgIpc) is 2.60. The van der Waals surface area contributed by atoms with Gasteiger partial charge in [-0.25, -0.2) is 0 Å². The number of anilines is 1. The maximum atomic E-state index is 12.5. The average molecular weight is 366 g/mol. The van der Waals surface area contributed by atoms with Crippen LogP contribution in [0.25, 0.3) is 0 Å². The molecule has 1 fully saturated rings. The van der Waals surface area contributed by atoms with Crippen molar-refractivity contribution in [3.63, 3.8) is 0 Å². The number of hydrogen-bond donors (Lipinski definition) is 2. The lowest BCUT2D eigenvalue weighted by Gasteiger charge is -2.33. The Morgan fingerprint density at radius 1 is 1.36 bits per heavy atom. The second-order valence-electron chi connectivity index (χ2n) is 6.99. The molecule has 0 radical (unpaired) electrons. The number of amides is 2. The van der Waals surface area contributed by atoms with Crippen molar-refractivity contribution in [1.29, 1.82) is 0 Å². The molecule has 2 aliphatic rings. The molecule has 2 aliphatic heterocycles. The first kappa shape index (κ1) is 19.7. The standard InChI is InChI=1S/C19H27N3O2.ClH/c1-20-12-14-5-4-10-22(13-14)18(23)9-8-16-11-15-6-2-3-7-17(15)21-19(16)24;/h2-3,6-7,14,16,20H,4-5,8-13H2,1H3,(H,21,24);1H. The van der Waals surface area contributed by atoms with Gasteiger partial charge in [0.25, 0.3) is 0 Å². The molecule has 0 aliphatic carbocycles. The van der Waals surface area contributed by atoms with Crippen LogP contribution in [0.1, 0.15) is 31.2 Å². The van der Waals surface area contributed by atoms with E-state index in [0.29, 0.717) is 18.8 Å². The van der Waals surface area contributed by atoms with Gasteiger partial charge in [-0.3, -0.25) is 9.59 Å². The van der Waals surface area contributed by atoms with Crippen LogP contribution >= 0.6 is 12.4 Å². The van der Waals surface area contributed by atoms with Crippen molar-refractivity contribution >= 4 is 29.9 Å². The highest BCUT2D eigenvalue weighted by atomic mass is 35.5. The first-order valence-electron chi connectivity index (χ1n) is 8.98. The Morgan fingerprint density at radius 3 is 2.96 bits per heavy atom. The van der Waals surface area contributed by atoms with Crippen molar-refractivity contribution in [3.8, 4) is 0 Å². The largest absolute Gasteiger partial charge is 0.342 e. The highest BCUT2D eigenvalue weighted by Crippen LogP contribution is 2.28. The van der Waals surface area contributed by atoms with Gasteiger partial charge in [0.15, 0.2) is 0 Å². The molecule has 1 aromatic rings. The van der Waals surface area contributed by atoms with E-state index in [0.717, 1.165) is 38.2 Å². The van der Waals surface area contributed by atoms with Crippen molar-refractivity contribution in [2.24, 2.45) is 11.8 Å². The summed E-state index contributed by atoms with van der Waals surface area (Å²) < 4.78 is 0. The number of carbonyl (C=O) groups is 2. The lowest BCUT2D eigenvalue weighted by molar-refractivity contribution is -0.133. The maximum Gasteiger partial charge on any atom is 0.227 e. The van der Waals surface area contributed by atoms with Gasteiger partial charge in [-0.05, 0) is 56.8 Å². The van der Waals surface area contributed by atoms with Crippen LogP contribution in [-0.2, 0) is 16.0 Å². The number of rotatable bonds is 5. The van der Waals surface area contributed by atoms with Crippen molar-refractivity contribution in [2.75, 3.05) is 32.0 Å². The number of likely N-dealkylation sites (tertiary alicyclic amines) is 1. The third-order valence-corrected chi connectivity index (χ3v) is 5.18. The number of nitrogens with zero attached hydrogens (tertiary/aromatic N) is 1. The van der Waals surface area contributed by atoms with Crippen molar-refractivity contribution in [1.82, 2.24) is 10.2 Å². The van der Waals surface area contributed by atoms with E-state index in [4.69, 9.17) is 0 Å². The van der Waals surface area contributed by atoms with E-state index in [1.54, 1.807) is 0 Å². The molecule has 138 valence electrons. The summed E-state index contributed by atoms with van der Waals surface area (Å²) in [5.74, 6) is 0.704. The van der Waals surface area contributed by atoms with Gasteiger partial charge in [-0.15, -0.1) is 12.4 Å². The normalized spacial score (nSPS) is 22.6. The van der Waals surface area contributed by atoms with Gasteiger partial charge < -0.3 is 15.5 Å². The van der Waals surface area contributed by atoms with E-state index in [2.05, 4.69) is 16.7 Å². The zero-order valence-corrected chi connectivity index (χ0v) is 15.6. The molecule has 5 nitrogen and oxygen atoms in total. The fourth-order valence-electron chi connectivity index (χ4n) is 3.85. The summed E-state index contributed by atoms with van der Waals surface area (Å²) in [7, 11) is 1.96. The molecule has 2 heterocycles. The second kappa shape index (κ2) is 9.20. The zero-order valence-electron chi connectivity index (χ0n) is 14.8. The quantitative estimate of drug-likeness (QED) is 0.842. The van der Waals surface area contributed by atoms with Crippen LogP contribution in [0, 0.1) is 11.8 Å². The summed E-state index contributed by atoms with van der Waals surface area (Å²) in [5, 5.41) is 6.17. The molecular weight excluding hydrogens is 338 g/mol. The maximum absolute atomic E-state index is 12.5. The summed E-state index contributed by atoms with van der Waals surface area (Å²) in [6.45, 7) is 2.67. The summed E-state index contributed by atoms with van der Waals surface area (Å²) in [4.78, 5) is 26.7. The highest BCUT2D eigenvalue weighted by Gasteiger charge is 2.28. The van der Waals surface area contributed by atoms with Crippen LogP contribution in [0.15, 0.2) is 24.3 Å². The van der Waals surface area contributed by atoms with Gasteiger partial charge >= 0.3 is 0 Å². The van der Waals surface area contributed by atoms with Gasteiger partial charge in [0.05, 0.1) is 0 Å². The van der Waals surface area contributed by atoms with Crippen LogP contribution in [0.3, 0.4) is 0 Å². The van der Waals surface area contributed by atoms with E-state index >= 15 is 0 Å². The Morgan fingerprint density at radius 2 is 2.16 bits per heavy atom. The van der Waals surface area contributed by atoms with Crippen LogP contribution in [-0.4, -0.2) is 43.4 Å². The Kier molecular flexibility index (Phi) is 7.26. The minimum atomic E-state index is -0.0956. The predicted molar refractivity (Wildman–Crippen MR) is 102 cm³/mol. The SMILES string of the molecule is CNCC1CCCN(C(=O)CCC2Cc3ccccc3NC2=O)C1.Cl. The number of hydrogen-bond acceptors (Lipinski definition) is 3. The molecule has 6 heteroatoms. The van der Waals surface area contributed by atoms with Crippen molar-refractivity contribution < 1.29 is 9.59 Å². The Bertz CT molecular complexity index is 606. The Balaban J connectivity index is 0.00000225. The van der Waals surface area contributed by atoms with E-state index in [9.17, 15) is 9.59 Å². The first-order chi connectivity index (χ1) is 11.7. The van der Waals surface area contributed by atoms with E-state index in [-0.39, 0.29) is 30.1 Å². The monoisotopic (exact) mass is 365 g/mol. The minimum Gasteiger partial charge on any atom is -0.342 e. The Hall–Kier alpha value is -1.59. The lowest BCUT2D eigenvalue weighted by Crippen LogP contribution is -2.42. The molecule has 0 saturated carbocycles. The highest BCUT2D eigenvalue weighted by molar-refractivity contribution is 5.96. The minimum absolute atomic E-state index is 0. The molecule has 0 spiro atoms.